The molecular formula is C34H40FNO2. The monoisotopic (exact) mass is 513 g/mol. The Morgan fingerprint density at radius 2 is 1.89 bits per heavy atom. The van der Waals surface area contributed by atoms with Crippen molar-refractivity contribution in [3.8, 4) is 11.8 Å². The van der Waals surface area contributed by atoms with Crippen molar-refractivity contribution >= 4 is 17.3 Å². The molecule has 3 fully saturated rings. The molecule has 2 unspecified atom stereocenters. The van der Waals surface area contributed by atoms with Gasteiger partial charge in [-0.2, -0.15) is 0 Å². The van der Waals surface area contributed by atoms with Crippen molar-refractivity contribution < 1.29 is 14.0 Å². The van der Waals surface area contributed by atoms with E-state index in [-0.39, 0.29) is 34.7 Å². The van der Waals surface area contributed by atoms with Crippen molar-refractivity contribution in [3.63, 3.8) is 0 Å². The maximum atomic E-state index is 15.8. The quantitative estimate of drug-likeness (QED) is 0.402. The van der Waals surface area contributed by atoms with E-state index in [1.165, 1.54) is 29.7 Å². The van der Waals surface area contributed by atoms with Crippen LogP contribution in [0.4, 0.5) is 10.1 Å². The number of hydrogen-bond donors (Lipinski definition) is 0. The summed E-state index contributed by atoms with van der Waals surface area (Å²) in [4.78, 5) is 28.4. The van der Waals surface area contributed by atoms with Crippen LogP contribution in [0.5, 0.6) is 0 Å². The molecule has 1 aromatic rings. The van der Waals surface area contributed by atoms with Crippen molar-refractivity contribution in [2.75, 3.05) is 18.0 Å². The Kier molecular flexibility index (Phi) is 6.41. The van der Waals surface area contributed by atoms with E-state index in [1.807, 2.05) is 13.8 Å². The van der Waals surface area contributed by atoms with Crippen LogP contribution in [0, 0.1) is 34.5 Å². The molecule has 200 valence electrons. The van der Waals surface area contributed by atoms with Gasteiger partial charge >= 0.3 is 0 Å². The summed E-state index contributed by atoms with van der Waals surface area (Å²) < 4.78 is 15.8. The Morgan fingerprint density at radius 1 is 1.16 bits per heavy atom. The molecule has 38 heavy (non-hydrogen) atoms. The lowest BCUT2D eigenvalue weighted by atomic mass is 9.48. The molecule has 4 heteroatoms. The molecule has 1 aliphatic heterocycles. The van der Waals surface area contributed by atoms with Gasteiger partial charge in [0.1, 0.15) is 6.17 Å². The minimum absolute atomic E-state index is 0.0456. The average Bonchev–Trinajstić information content (AvgIpc) is 3.56. The number of hydrogen-bond acceptors (Lipinski definition) is 3. The molecule has 6 atom stereocenters. The van der Waals surface area contributed by atoms with E-state index in [4.69, 9.17) is 0 Å². The lowest BCUT2D eigenvalue weighted by Gasteiger charge is -2.55. The zero-order valence-corrected chi connectivity index (χ0v) is 23.1. The van der Waals surface area contributed by atoms with Gasteiger partial charge in [-0.3, -0.25) is 9.59 Å². The third kappa shape index (κ3) is 3.68. The highest BCUT2D eigenvalue weighted by atomic mass is 19.1. The van der Waals surface area contributed by atoms with Gasteiger partial charge in [0.2, 0.25) is 0 Å². The van der Waals surface area contributed by atoms with Gasteiger partial charge in [-0.05, 0) is 104 Å². The number of halogens is 1. The number of carbonyl (C=O) groups is 2. The summed E-state index contributed by atoms with van der Waals surface area (Å²) in [7, 11) is 0. The maximum Gasteiger partial charge on any atom is 0.156 e. The lowest BCUT2D eigenvalue weighted by molar-refractivity contribution is -0.132. The second-order valence-corrected chi connectivity index (χ2v) is 12.5. The first-order chi connectivity index (χ1) is 18.3. The number of alkyl halides is 1. The largest absolute Gasteiger partial charge is 0.372 e. The van der Waals surface area contributed by atoms with Crippen LogP contribution in [0.2, 0.25) is 0 Å². The van der Waals surface area contributed by atoms with Crippen LogP contribution in [-0.2, 0) is 9.59 Å². The fourth-order valence-corrected chi connectivity index (χ4v) is 9.10. The molecule has 0 spiro atoms. The van der Waals surface area contributed by atoms with E-state index in [1.54, 1.807) is 6.08 Å². The first-order valence-corrected chi connectivity index (χ1v) is 14.8. The Balaban J connectivity index is 1.51. The van der Waals surface area contributed by atoms with E-state index >= 15 is 4.39 Å². The summed E-state index contributed by atoms with van der Waals surface area (Å²) in [6, 6.07) is 9.05. The minimum Gasteiger partial charge on any atom is -0.372 e. The SMILES string of the molecule is CC#C[C@]1(C(=O)CC)CC[C@H]2[C@@H]3CC(F)C4=CC(=O)CCC4=C3C(c3ccc(N4CCCC4)cc3)C[C@@]21C. The van der Waals surface area contributed by atoms with Gasteiger partial charge in [0, 0.05) is 37.5 Å². The fraction of sp³-hybridized carbons (Fsp3) is 0.588. The molecule has 0 amide bonds. The molecule has 0 radical (unpaired) electrons. The highest BCUT2D eigenvalue weighted by Gasteiger charge is 2.65. The number of benzene rings is 1. The summed E-state index contributed by atoms with van der Waals surface area (Å²) >= 11 is 0. The Hall–Kier alpha value is -2.67. The minimum atomic E-state index is -1.11. The van der Waals surface area contributed by atoms with Gasteiger partial charge in [0.25, 0.3) is 0 Å². The molecule has 1 heterocycles. The number of carbonyl (C=O) groups excluding carboxylic acids is 2. The van der Waals surface area contributed by atoms with Crippen LogP contribution in [0.25, 0.3) is 0 Å². The van der Waals surface area contributed by atoms with Crippen LogP contribution in [0.1, 0.15) is 90.0 Å². The first-order valence-electron chi connectivity index (χ1n) is 14.8. The molecule has 1 aromatic carbocycles. The Morgan fingerprint density at radius 3 is 2.58 bits per heavy atom. The van der Waals surface area contributed by atoms with Crippen LogP contribution in [0.15, 0.2) is 47.1 Å². The fourth-order valence-electron chi connectivity index (χ4n) is 9.10. The summed E-state index contributed by atoms with van der Waals surface area (Å²) in [5, 5.41) is 0. The predicted molar refractivity (Wildman–Crippen MR) is 150 cm³/mol. The summed E-state index contributed by atoms with van der Waals surface area (Å²) in [6.07, 6.45) is 7.47. The molecule has 5 aliphatic rings. The van der Waals surface area contributed by atoms with Crippen molar-refractivity contribution in [3.05, 3.63) is 52.6 Å². The smallest absolute Gasteiger partial charge is 0.156 e. The molecule has 3 nitrogen and oxygen atoms in total. The molecular weight excluding hydrogens is 473 g/mol. The number of allylic oxidation sites excluding steroid dienone is 4. The van der Waals surface area contributed by atoms with Crippen LogP contribution in [-0.4, -0.2) is 30.8 Å². The number of rotatable bonds is 4. The van der Waals surface area contributed by atoms with E-state index in [0.717, 1.165) is 37.9 Å². The molecule has 0 bridgehead atoms. The van der Waals surface area contributed by atoms with Gasteiger partial charge in [0.05, 0.1) is 5.41 Å². The lowest BCUT2D eigenvalue weighted by Crippen LogP contribution is -2.51. The van der Waals surface area contributed by atoms with Gasteiger partial charge in [-0.15, -0.1) is 5.92 Å². The van der Waals surface area contributed by atoms with Gasteiger partial charge < -0.3 is 4.90 Å². The van der Waals surface area contributed by atoms with Crippen molar-refractivity contribution in [2.45, 2.75) is 90.6 Å². The summed E-state index contributed by atoms with van der Waals surface area (Å²) in [6.45, 7) is 8.31. The van der Waals surface area contributed by atoms with Gasteiger partial charge in [-0.25, -0.2) is 4.39 Å². The number of ketones is 2. The van der Waals surface area contributed by atoms with E-state index < -0.39 is 11.6 Å². The number of fused-ring (bicyclic) bond motifs is 4. The van der Waals surface area contributed by atoms with E-state index in [9.17, 15) is 9.59 Å². The zero-order valence-electron chi connectivity index (χ0n) is 23.1. The summed E-state index contributed by atoms with van der Waals surface area (Å²) in [5.74, 6) is 7.30. The highest BCUT2D eigenvalue weighted by molar-refractivity contribution is 5.93. The molecule has 0 N–H and O–H groups in total. The normalized spacial score (nSPS) is 36.2. The second kappa shape index (κ2) is 9.51. The highest BCUT2D eigenvalue weighted by Crippen LogP contribution is 2.70. The first kappa shape index (κ1) is 25.6. The van der Waals surface area contributed by atoms with Crippen LogP contribution >= 0.6 is 0 Å². The molecule has 2 saturated carbocycles. The van der Waals surface area contributed by atoms with Gasteiger partial charge in [0.15, 0.2) is 11.6 Å². The summed E-state index contributed by atoms with van der Waals surface area (Å²) in [5.41, 5.74) is 4.63. The number of Topliss-reactive ketones (excluding diaryl/α,β-unsaturated/α-hetero) is 1. The molecule has 4 aliphatic carbocycles. The maximum absolute atomic E-state index is 15.8. The third-order valence-electron chi connectivity index (χ3n) is 10.8. The van der Waals surface area contributed by atoms with Crippen LogP contribution in [0.3, 0.4) is 0 Å². The van der Waals surface area contributed by atoms with E-state index in [0.29, 0.717) is 31.3 Å². The topological polar surface area (TPSA) is 37.4 Å². The number of anilines is 1. The zero-order chi connectivity index (χ0) is 26.7. The van der Waals surface area contributed by atoms with Crippen molar-refractivity contribution in [1.82, 2.24) is 0 Å². The Labute approximate surface area is 226 Å². The van der Waals surface area contributed by atoms with Crippen molar-refractivity contribution in [2.24, 2.45) is 22.7 Å². The van der Waals surface area contributed by atoms with E-state index in [2.05, 4.69) is 47.9 Å². The number of nitrogens with zero attached hydrogens (tertiary/aromatic N) is 1. The van der Waals surface area contributed by atoms with Crippen molar-refractivity contribution in [1.29, 1.82) is 0 Å². The predicted octanol–water partition coefficient (Wildman–Crippen LogP) is 7.12. The third-order valence-corrected chi connectivity index (χ3v) is 10.8. The molecule has 0 aromatic heterocycles. The molecule has 1 saturated heterocycles. The van der Waals surface area contributed by atoms with Crippen LogP contribution < -0.4 is 4.90 Å². The Bertz CT molecular complexity index is 1270. The second-order valence-electron chi connectivity index (χ2n) is 12.5. The molecule has 6 rings (SSSR count). The van der Waals surface area contributed by atoms with Gasteiger partial charge in [-0.1, -0.05) is 37.5 Å². The standard InChI is InChI=1S/C34H40FNO2/c1-4-15-34(31(38)5-2)16-14-29-27-20-30(35)26-19-24(37)12-13-25(26)32(27)28(21-33(29,34)3)22-8-10-23(11-9-22)36-17-6-7-18-36/h8-11,19,27-30H,5-7,12-14,16-18,20-21H2,1-3H3/t27-,28?,29-,30?,33-,34+/m0/s1. The average molecular weight is 514 g/mol.